The van der Waals surface area contributed by atoms with Crippen LogP contribution in [0.25, 0.3) is 0 Å². The SMILES string of the molecule is CN(C(=O)C1(N)C2CCCOC2C1(C)C)C(C)(C)CO. The summed E-state index contributed by atoms with van der Waals surface area (Å²) in [5, 5.41) is 9.47. The van der Waals surface area contributed by atoms with Crippen molar-refractivity contribution >= 4 is 5.91 Å². The number of fused-ring (bicyclic) bond motifs is 1. The van der Waals surface area contributed by atoms with Gasteiger partial charge in [-0.1, -0.05) is 13.8 Å². The summed E-state index contributed by atoms with van der Waals surface area (Å²) < 4.78 is 5.83. The maximum absolute atomic E-state index is 13.0. The Balaban J connectivity index is 2.28. The van der Waals surface area contributed by atoms with Crippen LogP contribution in [0, 0.1) is 11.3 Å². The van der Waals surface area contributed by atoms with E-state index in [0.29, 0.717) is 0 Å². The summed E-state index contributed by atoms with van der Waals surface area (Å²) in [5.74, 6) is -0.0102. The second-order valence-electron chi connectivity index (χ2n) is 7.47. The average molecular weight is 284 g/mol. The monoisotopic (exact) mass is 284 g/mol. The van der Waals surface area contributed by atoms with E-state index in [9.17, 15) is 9.90 Å². The molecule has 5 heteroatoms. The molecule has 0 bridgehead atoms. The van der Waals surface area contributed by atoms with Crippen LogP contribution in [0.1, 0.15) is 40.5 Å². The van der Waals surface area contributed by atoms with Crippen LogP contribution in [0.15, 0.2) is 0 Å². The van der Waals surface area contributed by atoms with Crippen LogP contribution in [0.5, 0.6) is 0 Å². The molecule has 116 valence electrons. The van der Waals surface area contributed by atoms with Crippen LogP contribution in [0.3, 0.4) is 0 Å². The summed E-state index contributed by atoms with van der Waals surface area (Å²) in [5.41, 5.74) is 4.68. The first-order valence-corrected chi connectivity index (χ1v) is 7.40. The predicted octanol–water partition coefficient (Wildman–Crippen LogP) is 0.748. The summed E-state index contributed by atoms with van der Waals surface area (Å²) in [6, 6.07) is 0. The second kappa shape index (κ2) is 4.68. The minimum absolute atomic E-state index is 0.0656. The number of likely N-dealkylation sites (N-methyl/N-ethyl adjacent to an activating group) is 1. The second-order valence-corrected chi connectivity index (χ2v) is 7.47. The molecular weight excluding hydrogens is 256 g/mol. The van der Waals surface area contributed by atoms with Crippen molar-refractivity contribution in [3.8, 4) is 0 Å². The topological polar surface area (TPSA) is 75.8 Å². The van der Waals surface area contributed by atoms with E-state index in [4.69, 9.17) is 10.5 Å². The Kier molecular flexibility index (Phi) is 3.68. The summed E-state index contributed by atoms with van der Waals surface area (Å²) in [6.07, 6.45) is 1.95. The molecular formula is C15H28N2O3. The highest BCUT2D eigenvalue weighted by Gasteiger charge is 2.71. The molecule has 0 aromatic rings. The molecule has 1 aliphatic carbocycles. The quantitative estimate of drug-likeness (QED) is 0.802. The van der Waals surface area contributed by atoms with Crippen LogP contribution >= 0.6 is 0 Å². The predicted molar refractivity (Wildman–Crippen MR) is 77.1 cm³/mol. The molecule has 5 nitrogen and oxygen atoms in total. The van der Waals surface area contributed by atoms with Gasteiger partial charge in [-0.2, -0.15) is 0 Å². The fourth-order valence-corrected chi connectivity index (χ4v) is 3.67. The standard InChI is InChI=1S/C15H28N2O3/c1-13(2,9-18)17(5)12(19)15(16)10-7-6-8-20-11(10)14(15,3)4/h10-11,18H,6-9,16H2,1-5H3. The van der Waals surface area contributed by atoms with Gasteiger partial charge in [0.05, 0.1) is 18.2 Å². The van der Waals surface area contributed by atoms with E-state index in [-0.39, 0.29) is 30.0 Å². The van der Waals surface area contributed by atoms with Crippen LogP contribution in [-0.2, 0) is 9.53 Å². The lowest BCUT2D eigenvalue weighted by Gasteiger charge is -2.66. The highest BCUT2D eigenvalue weighted by molar-refractivity contribution is 5.90. The number of amides is 1. The number of carbonyl (C=O) groups is 1. The number of aliphatic hydroxyl groups excluding tert-OH is 1. The molecule has 2 fully saturated rings. The molecule has 1 saturated heterocycles. The van der Waals surface area contributed by atoms with Crippen molar-refractivity contribution in [3.05, 3.63) is 0 Å². The van der Waals surface area contributed by atoms with E-state index < -0.39 is 11.1 Å². The zero-order valence-electron chi connectivity index (χ0n) is 13.3. The van der Waals surface area contributed by atoms with Crippen LogP contribution in [0.2, 0.25) is 0 Å². The van der Waals surface area contributed by atoms with Gasteiger partial charge in [-0.3, -0.25) is 4.79 Å². The summed E-state index contributed by atoms with van der Waals surface area (Å²) in [7, 11) is 1.72. The number of nitrogens with two attached hydrogens (primary N) is 1. The Bertz CT molecular complexity index is 408. The molecule has 3 N–H and O–H groups in total. The van der Waals surface area contributed by atoms with E-state index in [1.807, 2.05) is 27.7 Å². The number of ether oxygens (including phenoxy) is 1. The van der Waals surface area contributed by atoms with Gasteiger partial charge < -0.3 is 20.5 Å². The van der Waals surface area contributed by atoms with Gasteiger partial charge >= 0.3 is 0 Å². The molecule has 1 amide bonds. The number of hydrogen-bond donors (Lipinski definition) is 2. The van der Waals surface area contributed by atoms with Crippen LogP contribution in [-0.4, -0.2) is 53.4 Å². The van der Waals surface area contributed by atoms with Gasteiger partial charge in [0.15, 0.2) is 0 Å². The average Bonchev–Trinajstić information content (AvgIpc) is 2.44. The molecule has 20 heavy (non-hydrogen) atoms. The van der Waals surface area contributed by atoms with Crippen molar-refractivity contribution in [2.75, 3.05) is 20.3 Å². The van der Waals surface area contributed by atoms with Crippen molar-refractivity contribution in [1.82, 2.24) is 4.90 Å². The van der Waals surface area contributed by atoms with Crippen molar-refractivity contribution < 1.29 is 14.6 Å². The van der Waals surface area contributed by atoms with Crippen molar-refractivity contribution in [3.63, 3.8) is 0 Å². The number of aliphatic hydroxyl groups is 1. The van der Waals surface area contributed by atoms with Gasteiger partial charge in [0.25, 0.3) is 0 Å². The molecule has 0 spiro atoms. The van der Waals surface area contributed by atoms with E-state index in [0.717, 1.165) is 19.4 Å². The Labute approximate surface area is 121 Å². The number of hydrogen-bond acceptors (Lipinski definition) is 4. The van der Waals surface area contributed by atoms with Gasteiger partial charge in [-0.15, -0.1) is 0 Å². The summed E-state index contributed by atoms with van der Waals surface area (Å²) in [6.45, 7) is 8.38. The number of nitrogens with zero attached hydrogens (tertiary/aromatic N) is 1. The van der Waals surface area contributed by atoms with Gasteiger partial charge in [-0.05, 0) is 26.7 Å². The third-order valence-electron chi connectivity index (χ3n) is 5.64. The van der Waals surface area contributed by atoms with E-state index in [2.05, 4.69) is 0 Å². The Morgan fingerprint density at radius 3 is 2.65 bits per heavy atom. The minimum Gasteiger partial charge on any atom is -0.394 e. The highest BCUT2D eigenvalue weighted by Crippen LogP contribution is 2.58. The fraction of sp³-hybridized carbons (Fsp3) is 0.933. The zero-order chi connectivity index (χ0) is 15.3. The first-order chi connectivity index (χ1) is 9.10. The number of carbonyl (C=O) groups excluding carboxylic acids is 1. The normalized spacial score (nSPS) is 36.0. The van der Waals surface area contributed by atoms with E-state index in [1.165, 1.54) is 0 Å². The van der Waals surface area contributed by atoms with Crippen molar-refractivity contribution in [2.24, 2.45) is 17.1 Å². The zero-order valence-corrected chi connectivity index (χ0v) is 13.3. The molecule has 0 aromatic carbocycles. The Morgan fingerprint density at radius 1 is 1.50 bits per heavy atom. The fourth-order valence-electron chi connectivity index (χ4n) is 3.67. The Morgan fingerprint density at radius 2 is 2.10 bits per heavy atom. The van der Waals surface area contributed by atoms with Crippen LogP contribution in [0.4, 0.5) is 0 Å². The van der Waals surface area contributed by atoms with Crippen LogP contribution < -0.4 is 5.73 Å². The molecule has 3 atom stereocenters. The van der Waals surface area contributed by atoms with Gasteiger partial charge in [0.1, 0.15) is 5.54 Å². The van der Waals surface area contributed by atoms with Gasteiger partial charge in [-0.25, -0.2) is 0 Å². The lowest BCUT2D eigenvalue weighted by atomic mass is 9.46. The first-order valence-electron chi connectivity index (χ1n) is 7.40. The highest BCUT2D eigenvalue weighted by atomic mass is 16.5. The first kappa shape index (κ1) is 15.7. The minimum atomic E-state index is -0.903. The molecule has 2 rings (SSSR count). The third kappa shape index (κ3) is 1.83. The molecule has 1 saturated carbocycles. The van der Waals surface area contributed by atoms with Gasteiger partial charge in [0.2, 0.25) is 5.91 Å². The van der Waals surface area contributed by atoms with Crippen molar-refractivity contribution in [1.29, 1.82) is 0 Å². The molecule has 0 aromatic heterocycles. The van der Waals surface area contributed by atoms with E-state index >= 15 is 0 Å². The smallest absolute Gasteiger partial charge is 0.243 e. The van der Waals surface area contributed by atoms with Gasteiger partial charge in [0, 0.05) is 25.0 Å². The summed E-state index contributed by atoms with van der Waals surface area (Å²) in [4.78, 5) is 14.6. The van der Waals surface area contributed by atoms with Crippen molar-refractivity contribution in [2.45, 2.75) is 57.7 Å². The molecule has 1 heterocycles. The lowest BCUT2D eigenvalue weighted by molar-refractivity contribution is -0.231. The largest absolute Gasteiger partial charge is 0.394 e. The maximum atomic E-state index is 13.0. The molecule has 0 radical (unpaired) electrons. The lowest BCUT2D eigenvalue weighted by Crippen LogP contribution is -2.83. The number of rotatable bonds is 3. The third-order valence-corrected chi connectivity index (χ3v) is 5.64. The maximum Gasteiger partial charge on any atom is 0.243 e. The molecule has 1 aliphatic heterocycles. The molecule has 3 unspecified atom stereocenters. The molecule has 2 aliphatic rings. The Hall–Kier alpha value is -0.650. The summed E-state index contributed by atoms with van der Waals surface area (Å²) >= 11 is 0. The van der Waals surface area contributed by atoms with E-state index in [1.54, 1.807) is 11.9 Å².